The molecule has 2 aromatic heterocycles. The second-order valence-corrected chi connectivity index (χ2v) is 22.1. The van der Waals surface area contributed by atoms with Crippen molar-refractivity contribution >= 4 is 64.1 Å². The molecule has 4 aromatic rings. The molecule has 0 spiro atoms. The number of aromatic nitrogens is 2. The fraction of sp³-hybridized carbons (Fsp3) is 0.553. The maximum Gasteiger partial charge on any atom is 0.407 e. The summed E-state index contributed by atoms with van der Waals surface area (Å²) in [5.74, 6) is -4.59. The molecule has 0 bridgehead atoms. The molecule has 8 rings (SSSR count). The van der Waals surface area contributed by atoms with Gasteiger partial charge in [0, 0.05) is 34.4 Å². The zero-order valence-corrected chi connectivity index (χ0v) is 39.3. The number of pyridine rings is 1. The minimum absolute atomic E-state index is 0.0299. The maximum atomic E-state index is 15.0. The molecule has 3 aliphatic carbocycles. The van der Waals surface area contributed by atoms with Crippen molar-refractivity contribution in [3.63, 3.8) is 0 Å². The maximum absolute atomic E-state index is 15.0. The number of methoxy groups -OCH3 is 1. The highest BCUT2D eigenvalue weighted by Gasteiger charge is 2.66. The average Bonchev–Trinajstić information content (AvgIpc) is 3.68. The van der Waals surface area contributed by atoms with E-state index < -0.39 is 77.9 Å². The molecular formula is C47H57ClF2N5O8PS. The van der Waals surface area contributed by atoms with Crippen molar-refractivity contribution in [1.29, 1.82) is 0 Å². The zero-order chi connectivity index (χ0) is 46.0. The topological polar surface area (TPSA) is 178 Å². The van der Waals surface area contributed by atoms with E-state index in [1.165, 1.54) is 24.5 Å². The van der Waals surface area contributed by atoms with Crippen molar-refractivity contribution in [2.24, 2.45) is 17.8 Å². The summed E-state index contributed by atoms with van der Waals surface area (Å²) in [5, 5.41) is 10.8. The van der Waals surface area contributed by atoms with Gasteiger partial charge in [0.1, 0.15) is 51.3 Å². The van der Waals surface area contributed by atoms with Crippen LogP contribution < -0.4 is 25.4 Å². The van der Waals surface area contributed by atoms with Gasteiger partial charge < -0.3 is 35.1 Å². The largest absolute Gasteiger partial charge is 0.495 e. The molecule has 4 N–H and O–H groups in total. The Hall–Kier alpha value is -4.37. The number of ether oxygens (including phenoxy) is 3. The molecule has 18 heteroatoms. The predicted octanol–water partition coefficient (Wildman–Crippen LogP) is 10.5. The number of nitrogens with zero attached hydrogens (tertiary/aromatic N) is 2. The number of carbonyl (C=O) groups is 3. The number of amides is 2. The van der Waals surface area contributed by atoms with E-state index in [9.17, 15) is 32.6 Å². The number of nitrogens with one attached hydrogen (secondary N) is 3. The minimum Gasteiger partial charge on any atom is -0.495 e. The number of hydrogen-bond donors (Lipinski definition) is 4. The van der Waals surface area contributed by atoms with Crippen LogP contribution in [-0.2, 0) is 25.1 Å². The van der Waals surface area contributed by atoms with E-state index >= 15 is 0 Å². The molecule has 2 aromatic carbocycles. The number of ketones is 1. The summed E-state index contributed by atoms with van der Waals surface area (Å²) in [6.07, 6.45) is 5.80. The van der Waals surface area contributed by atoms with Crippen molar-refractivity contribution < 1.29 is 46.8 Å². The van der Waals surface area contributed by atoms with Crippen LogP contribution >= 0.6 is 30.3 Å². The number of carbonyl (C=O) groups excluding carboxylic acids is 3. The first kappa shape index (κ1) is 47.1. The average molecular weight is 956 g/mol. The molecule has 3 heterocycles. The molecule has 65 heavy (non-hydrogen) atoms. The van der Waals surface area contributed by atoms with E-state index in [4.69, 9.17) is 35.8 Å². The quantitative estimate of drug-likeness (QED) is 0.105. The molecule has 7 atom stereocenters. The van der Waals surface area contributed by atoms with Gasteiger partial charge in [-0.3, -0.25) is 14.2 Å². The summed E-state index contributed by atoms with van der Waals surface area (Å²) in [6, 6.07) is 7.66. The first-order valence-corrected chi connectivity index (χ1v) is 25.9. The van der Waals surface area contributed by atoms with Crippen molar-refractivity contribution in [2.75, 3.05) is 12.4 Å². The number of thiazole rings is 1. The van der Waals surface area contributed by atoms with Gasteiger partial charge in [0.25, 0.3) is 0 Å². The summed E-state index contributed by atoms with van der Waals surface area (Å²) in [6.45, 7) is 4.02. The Balaban J connectivity index is 1.14. The van der Waals surface area contributed by atoms with Gasteiger partial charge in [0.2, 0.25) is 13.3 Å². The van der Waals surface area contributed by atoms with Crippen LogP contribution in [-0.4, -0.2) is 69.3 Å². The molecule has 0 radical (unpaired) electrons. The highest BCUT2D eigenvalue weighted by atomic mass is 35.5. The molecule has 1 saturated heterocycles. The second-order valence-electron chi connectivity index (χ2n) is 18.4. The molecule has 3 saturated carbocycles. The molecule has 13 nitrogen and oxygen atoms in total. The third kappa shape index (κ3) is 10.3. The van der Waals surface area contributed by atoms with Gasteiger partial charge in [-0.1, -0.05) is 49.8 Å². The molecule has 4 fully saturated rings. The highest BCUT2D eigenvalue weighted by molar-refractivity contribution is 7.59. The molecule has 3 unspecified atom stereocenters. The first-order chi connectivity index (χ1) is 31.2. The van der Waals surface area contributed by atoms with Gasteiger partial charge in [-0.25, -0.2) is 23.5 Å². The van der Waals surface area contributed by atoms with Crippen LogP contribution in [0.1, 0.15) is 109 Å². The number of Topliss-reactive ketones (excluding diaryl/α,β-unsaturated/α-hetero) is 1. The van der Waals surface area contributed by atoms with Crippen LogP contribution in [0, 0.1) is 29.4 Å². The normalized spacial score (nSPS) is 26.3. The number of alkyl carbamates (subject to hydrolysis) is 1. The lowest BCUT2D eigenvalue weighted by Gasteiger charge is -2.29. The number of benzene rings is 2. The number of hydrogen-bond acceptors (Lipinski definition) is 11. The summed E-state index contributed by atoms with van der Waals surface area (Å²) in [5.41, 5.74) is 0.910. The van der Waals surface area contributed by atoms with E-state index in [2.05, 4.69) is 16.0 Å². The standard InChI is InChI=1S/C47H57ClF2N5O8PS/c1-26(2)51-45-53-38(25-65-45)37-22-40(30-18-19-39(61-3)41(48)42(30)52-37)62-29-20-31-32(21-29)44(57)55-47(64(59,60)24-33-34(49)15-11-16-35(33)50)23-27(47)12-7-5-4-6-8-17-36(43(31)56)54-46(58)63-28-13-9-10-14-28/h11,15-16,18-19,22,25-29,31-32,36H,4-10,12-14,17,20-21,23-24H2,1-3H3,(H,51,53)(H,54,58)(H,55,57)(H,59,60)/t27-,29+,31?,32?,36+,47+/m1/s1. The SMILES string of the molecule is COc1ccc2c(O[C@@H]3CC4C(=O)N[C@]5(P(=O)(O)Cc6c(F)cccc6F)C[C@H]5CCCCCCC[C@H](NC(=O)OC5CCCC5)C(=O)C4C3)cc(-c3csc(NC(C)C)n3)nc2c1Cl. The van der Waals surface area contributed by atoms with Crippen LogP contribution in [0.15, 0.2) is 41.8 Å². The summed E-state index contributed by atoms with van der Waals surface area (Å²) in [4.78, 5) is 64.7. The first-order valence-electron chi connectivity index (χ1n) is 22.8. The fourth-order valence-electron chi connectivity index (χ4n) is 9.99. The Labute approximate surface area is 386 Å². The fourth-order valence-corrected chi connectivity index (χ4v) is 13.6. The molecular weight excluding hydrogens is 899 g/mol. The van der Waals surface area contributed by atoms with Gasteiger partial charge in [0.15, 0.2) is 10.9 Å². The van der Waals surface area contributed by atoms with E-state index in [1.807, 2.05) is 19.2 Å². The number of rotatable bonds is 11. The van der Waals surface area contributed by atoms with Crippen LogP contribution in [0.5, 0.6) is 11.5 Å². The summed E-state index contributed by atoms with van der Waals surface area (Å²) >= 11 is 8.29. The van der Waals surface area contributed by atoms with Gasteiger partial charge in [-0.2, -0.15) is 0 Å². The predicted molar refractivity (Wildman–Crippen MR) is 246 cm³/mol. The van der Waals surface area contributed by atoms with E-state index in [-0.39, 0.29) is 42.2 Å². The molecule has 1 aliphatic heterocycles. The minimum atomic E-state index is -4.54. The lowest BCUT2D eigenvalue weighted by molar-refractivity contribution is -0.134. The lowest BCUT2D eigenvalue weighted by atomic mass is 9.86. The smallest absolute Gasteiger partial charge is 0.407 e. The third-order valence-electron chi connectivity index (χ3n) is 13.5. The number of halogens is 3. The summed E-state index contributed by atoms with van der Waals surface area (Å²) < 4.78 is 62.6. The van der Waals surface area contributed by atoms with Crippen molar-refractivity contribution in [3.8, 4) is 22.9 Å². The Morgan fingerprint density at radius 2 is 1.65 bits per heavy atom. The number of anilines is 1. The molecule has 350 valence electrons. The van der Waals surface area contributed by atoms with Gasteiger partial charge in [-0.05, 0) is 102 Å². The third-order valence-corrected chi connectivity index (χ3v) is 17.3. The van der Waals surface area contributed by atoms with E-state index in [1.54, 1.807) is 18.2 Å². The van der Waals surface area contributed by atoms with Gasteiger partial charge in [0.05, 0.1) is 36.4 Å². The van der Waals surface area contributed by atoms with Crippen LogP contribution in [0.2, 0.25) is 5.02 Å². The van der Waals surface area contributed by atoms with Gasteiger partial charge >= 0.3 is 6.09 Å². The van der Waals surface area contributed by atoms with Crippen LogP contribution in [0.25, 0.3) is 22.3 Å². The van der Waals surface area contributed by atoms with Crippen LogP contribution in [0.3, 0.4) is 0 Å². The monoisotopic (exact) mass is 955 g/mol. The van der Waals surface area contributed by atoms with Crippen molar-refractivity contribution in [2.45, 2.75) is 139 Å². The second kappa shape index (κ2) is 19.8. The summed E-state index contributed by atoms with van der Waals surface area (Å²) in [7, 11) is -3.04. The van der Waals surface area contributed by atoms with Crippen molar-refractivity contribution in [1.82, 2.24) is 20.6 Å². The Kier molecular flexibility index (Phi) is 14.4. The Bertz CT molecular complexity index is 2450. The number of fused-ring (bicyclic) bond motifs is 3. The highest BCUT2D eigenvalue weighted by Crippen LogP contribution is 2.72. The Morgan fingerprint density at radius 1 is 0.954 bits per heavy atom. The van der Waals surface area contributed by atoms with Crippen LogP contribution in [0.4, 0.5) is 18.7 Å². The van der Waals surface area contributed by atoms with E-state index in [0.717, 1.165) is 57.1 Å². The van der Waals surface area contributed by atoms with Gasteiger partial charge in [-0.15, -0.1) is 11.3 Å². The zero-order valence-electron chi connectivity index (χ0n) is 36.9. The Morgan fingerprint density at radius 3 is 2.37 bits per heavy atom. The lowest BCUT2D eigenvalue weighted by Crippen LogP contribution is -2.48. The molecule has 2 amide bonds. The van der Waals surface area contributed by atoms with E-state index in [0.29, 0.717) is 64.6 Å². The molecule has 4 aliphatic rings. The van der Waals surface area contributed by atoms with Crippen molar-refractivity contribution in [3.05, 3.63) is 64.0 Å².